The monoisotopic (exact) mass is 314 g/mol. The van der Waals surface area contributed by atoms with E-state index in [9.17, 15) is 4.79 Å². The van der Waals surface area contributed by atoms with E-state index in [1.54, 1.807) is 37.3 Å². The molecule has 22 heavy (non-hydrogen) atoms. The average molecular weight is 314 g/mol. The van der Waals surface area contributed by atoms with Crippen LogP contribution in [0.15, 0.2) is 46.6 Å². The Morgan fingerprint density at radius 2 is 2.23 bits per heavy atom. The molecule has 1 aromatic heterocycles. The summed E-state index contributed by atoms with van der Waals surface area (Å²) in [7, 11) is 1.63. The Morgan fingerprint density at radius 3 is 3.00 bits per heavy atom. The Balaban J connectivity index is 2.04. The second-order valence-electron chi connectivity index (χ2n) is 4.60. The van der Waals surface area contributed by atoms with Crippen LogP contribution < -0.4 is 10.6 Å². The summed E-state index contributed by atoms with van der Waals surface area (Å²) in [5, 5.41) is 0.840. The van der Waals surface area contributed by atoms with E-state index in [1.807, 2.05) is 23.1 Å². The summed E-state index contributed by atoms with van der Waals surface area (Å²) in [4.78, 5) is 22.6. The minimum Gasteiger partial charge on any atom is -0.366 e. The number of amides is 1. The largest absolute Gasteiger partial charge is 0.366 e. The number of hydrogen-bond acceptors (Lipinski definition) is 6. The fourth-order valence-corrected chi connectivity index (χ4v) is 3.15. The number of primary amides is 1. The lowest BCUT2D eigenvalue weighted by atomic mass is 10.1. The predicted molar refractivity (Wildman–Crippen MR) is 84.8 cm³/mol. The Kier molecular flexibility index (Phi) is 4.08. The van der Waals surface area contributed by atoms with Gasteiger partial charge in [0.05, 0.1) is 5.69 Å². The minimum absolute atomic E-state index is 0.363. The van der Waals surface area contributed by atoms with Gasteiger partial charge in [0, 0.05) is 30.5 Å². The molecular formula is C15H14N4O2S. The van der Waals surface area contributed by atoms with Crippen LogP contribution in [0.3, 0.4) is 0 Å². The molecule has 3 rings (SSSR count). The van der Waals surface area contributed by atoms with Gasteiger partial charge in [-0.1, -0.05) is 17.8 Å². The van der Waals surface area contributed by atoms with E-state index in [2.05, 4.69) is 9.97 Å². The van der Waals surface area contributed by atoms with Crippen molar-refractivity contribution < 1.29 is 9.53 Å². The van der Waals surface area contributed by atoms with Gasteiger partial charge in [-0.05, 0) is 23.8 Å². The molecule has 6 nitrogen and oxygen atoms in total. The molecule has 0 saturated carbocycles. The van der Waals surface area contributed by atoms with Crippen LogP contribution in [0.2, 0.25) is 0 Å². The van der Waals surface area contributed by atoms with Gasteiger partial charge < -0.3 is 10.5 Å². The van der Waals surface area contributed by atoms with Crippen molar-refractivity contribution in [3.63, 3.8) is 0 Å². The fraction of sp³-hybridized carbons (Fsp3) is 0.133. The van der Waals surface area contributed by atoms with Crippen LogP contribution >= 0.6 is 11.8 Å². The molecule has 1 amide bonds. The molecule has 0 aliphatic carbocycles. The van der Waals surface area contributed by atoms with Crippen molar-refractivity contribution in [1.82, 2.24) is 9.97 Å². The molecule has 0 unspecified atom stereocenters. The maximum Gasteiger partial charge on any atom is 0.241 e. The number of rotatable bonds is 4. The lowest BCUT2D eigenvalue weighted by Gasteiger charge is -2.30. The van der Waals surface area contributed by atoms with Gasteiger partial charge in [0.2, 0.25) is 5.91 Å². The van der Waals surface area contributed by atoms with E-state index >= 15 is 0 Å². The summed E-state index contributed by atoms with van der Waals surface area (Å²) in [5.74, 6) is 0.287. The van der Waals surface area contributed by atoms with Gasteiger partial charge in [-0.15, -0.1) is 0 Å². The van der Waals surface area contributed by atoms with Gasteiger partial charge in [0.1, 0.15) is 11.8 Å². The second-order valence-corrected chi connectivity index (χ2v) is 5.63. The zero-order valence-corrected chi connectivity index (χ0v) is 12.7. The number of ether oxygens (including phenoxy) is 1. The summed E-state index contributed by atoms with van der Waals surface area (Å²) in [6.45, 7) is 0.363. The van der Waals surface area contributed by atoms with E-state index in [4.69, 9.17) is 10.5 Å². The van der Waals surface area contributed by atoms with Crippen molar-refractivity contribution in [2.24, 2.45) is 5.73 Å². The number of hydrogen-bond donors (Lipinski definition) is 1. The van der Waals surface area contributed by atoms with Gasteiger partial charge in [-0.25, -0.2) is 9.97 Å². The lowest BCUT2D eigenvalue weighted by Crippen LogP contribution is -2.24. The minimum atomic E-state index is -0.475. The van der Waals surface area contributed by atoms with E-state index < -0.39 is 5.91 Å². The molecule has 2 N–H and O–H groups in total. The Morgan fingerprint density at radius 1 is 1.41 bits per heavy atom. The third-order valence-electron chi connectivity index (χ3n) is 3.08. The maximum absolute atomic E-state index is 10.9. The second kappa shape index (κ2) is 6.17. The van der Waals surface area contributed by atoms with Crippen LogP contribution in [0, 0.1) is 0 Å². The zero-order valence-electron chi connectivity index (χ0n) is 11.9. The van der Waals surface area contributed by atoms with E-state index in [0.29, 0.717) is 6.73 Å². The number of nitrogens with zero attached hydrogens (tertiary/aromatic N) is 3. The summed E-state index contributed by atoms with van der Waals surface area (Å²) >= 11 is 1.56. The molecule has 0 saturated heterocycles. The highest BCUT2D eigenvalue weighted by Gasteiger charge is 2.25. The van der Waals surface area contributed by atoms with Gasteiger partial charge in [0.25, 0.3) is 0 Å². The van der Waals surface area contributed by atoms with Crippen molar-refractivity contribution in [3.8, 4) is 0 Å². The summed E-state index contributed by atoms with van der Waals surface area (Å²) in [6.07, 6.45) is 6.35. The van der Waals surface area contributed by atoms with Crippen LogP contribution in [0.25, 0.3) is 6.08 Å². The number of anilines is 2. The number of fused-ring (bicyclic) bond motifs is 2. The molecule has 2 aromatic rings. The first kappa shape index (κ1) is 14.6. The molecule has 0 fully saturated rings. The van der Waals surface area contributed by atoms with Crippen LogP contribution in [0.5, 0.6) is 0 Å². The lowest BCUT2D eigenvalue weighted by molar-refractivity contribution is -0.113. The van der Waals surface area contributed by atoms with E-state index in [-0.39, 0.29) is 0 Å². The number of aromatic nitrogens is 2. The van der Waals surface area contributed by atoms with Crippen LogP contribution in [-0.4, -0.2) is 29.7 Å². The van der Waals surface area contributed by atoms with Crippen molar-refractivity contribution in [2.75, 3.05) is 18.7 Å². The quantitative estimate of drug-likeness (QED) is 0.871. The highest BCUT2D eigenvalue weighted by Crippen LogP contribution is 2.46. The zero-order chi connectivity index (χ0) is 15.5. The molecule has 1 aliphatic rings. The molecule has 0 bridgehead atoms. The van der Waals surface area contributed by atoms with Crippen LogP contribution in [0.1, 0.15) is 5.56 Å². The molecule has 2 heterocycles. The van der Waals surface area contributed by atoms with Gasteiger partial charge in [0.15, 0.2) is 5.82 Å². The molecule has 0 radical (unpaired) electrons. The first-order chi connectivity index (χ1) is 10.7. The Labute approximate surface area is 132 Å². The number of carbonyl (C=O) groups is 1. The molecule has 1 aliphatic heterocycles. The standard InChI is InChI=1S/C15H14N4O2S/c1-21-9-19-11-8-10(3-5-13(16)20)2-4-12(11)22-15-14(19)17-6-7-18-15/h2-8H,9H2,1H3,(H2,16,20). The Hall–Kier alpha value is -2.38. The Bertz CT molecular complexity index is 748. The number of methoxy groups -OCH3 is 1. The van der Waals surface area contributed by atoms with Crippen molar-refractivity contribution in [3.05, 3.63) is 42.2 Å². The van der Waals surface area contributed by atoms with E-state index in [1.165, 1.54) is 6.08 Å². The van der Waals surface area contributed by atoms with Crippen molar-refractivity contribution >= 4 is 35.3 Å². The third kappa shape index (κ3) is 2.81. The fourth-order valence-electron chi connectivity index (χ4n) is 2.17. The first-order valence-electron chi connectivity index (χ1n) is 6.56. The molecular weight excluding hydrogens is 300 g/mol. The van der Waals surface area contributed by atoms with Crippen LogP contribution in [0.4, 0.5) is 11.5 Å². The summed E-state index contributed by atoms with van der Waals surface area (Å²) < 4.78 is 5.29. The highest BCUT2D eigenvalue weighted by atomic mass is 32.2. The topological polar surface area (TPSA) is 81.3 Å². The van der Waals surface area contributed by atoms with Gasteiger partial charge in [-0.3, -0.25) is 9.69 Å². The average Bonchev–Trinajstić information content (AvgIpc) is 2.53. The smallest absolute Gasteiger partial charge is 0.241 e. The number of benzene rings is 1. The van der Waals surface area contributed by atoms with E-state index in [0.717, 1.165) is 27.0 Å². The number of carbonyl (C=O) groups excluding carboxylic acids is 1. The normalized spacial score (nSPS) is 13.0. The first-order valence-corrected chi connectivity index (χ1v) is 7.37. The van der Waals surface area contributed by atoms with Crippen molar-refractivity contribution in [1.29, 1.82) is 0 Å². The number of nitrogens with two attached hydrogens (primary N) is 1. The maximum atomic E-state index is 10.9. The van der Waals surface area contributed by atoms with Gasteiger partial charge >= 0.3 is 0 Å². The molecule has 0 atom stereocenters. The summed E-state index contributed by atoms with van der Waals surface area (Å²) in [6, 6.07) is 5.89. The third-order valence-corrected chi connectivity index (χ3v) is 4.13. The molecule has 7 heteroatoms. The SMILES string of the molecule is COCN1c2cc(C=CC(N)=O)ccc2Sc2nccnc21. The summed E-state index contributed by atoms with van der Waals surface area (Å²) in [5.41, 5.74) is 6.98. The molecule has 1 aromatic carbocycles. The predicted octanol–water partition coefficient (Wildman–Crippen LogP) is 2.18. The molecule has 112 valence electrons. The van der Waals surface area contributed by atoms with Crippen LogP contribution in [-0.2, 0) is 9.53 Å². The van der Waals surface area contributed by atoms with Crippen molar-refractivity contribution in [2.45, 2.75) is 9.92 Å². The molecule has 0 spiro atoms. The van der Waals surface area contributed by atoms with Gasteiger partial charge in [-0.2, -0.15) is 0 Å². The highest BCUT2D eigenvalue weighted by molar-refractivity contribution is 7.99.